The minimum absolute atomic E-state index is 0.0254. The number of hydrogen-bond acceptors (Lipinski definition) is 5. The molecule has 10 heteroatoms. The van der Waals surface area contributed by atoms with Gasteiger partial charge in [-0.3, -0.25) is 14.5 Å². The third kappa shape index (κ3) is 7.70. The number of likely N-dealkylation sites (tertiary alicyclic amines) is 2. The van der Waals surface area contributed by atoms with Gasteiger partial charge in [0, 0.05) is 74.2 Å². The lowest BCUT2D eigenvalue weighted by Gasteiger charge is -2.43. The van der Waals surface area contributed by atoms with Gasteiger partial charge in [-0.1, -0.05) is 60.7 Å². The van der Waals surface area contributed by atoms with Crippen molar-refractivity contribution in [2.45, 2.75) is 31.7 Å². The minimum Gasteiger partial charge on any atom is -0.339 e. The molecule has 0 radical (unpaired) electrons. The largest absolute Gasteiger partial charge is 0.339 e. The number of hydrogen-bond donors (Lipinski definition) is 1. The van der Waals surface area contributed by atoms with Gasteiger partial charge in [-0.15, -0.1) is 0 Å². The van der Waals surface area contributed by atoms with E-state index in [4.69, 9.17) is 4.98 Å². The lowest BCUT2D eigenvalue weighted by atomic mass is 9.92. The number of benzene rings is 3. The highest BCUT2D eigenvalue weighted by Crippen LogP contribution is 2.29. The van der Waals surface area contributed by atoms with Gasteiger partial charge in [0.15, 0.2) is 0 Å². The second-order valence-corrected chi connectivity index (χ2v) is 13.5. The van der Waals surface area contributed by atoms with Gasteiger partial charge in [0.25, 0.3) is 5.91 Å². The summed E-state index contributed by atoms with van der Waals surface area (Å²) in [5, 5.41) is 2.81. The van der Waals surface area contributed by atoms with Crippen LogP contribution in [0, 0.1) is 11.7 Å². The highest BCUT2D eigenvalue weighted by molar-refractivity contribution is 5.96. The second-order valence-electron chi connectivity index (χ2n) is 13.5. The third-order valence-electron chi connectivity index (χ3n) is 10.3. The molecule has 0 unspecified atom stereocenters. The van der Waals surface area contributed by atoms with Crippen molar-refractivity contribution in [3.63, 3.8) is 0 Å². The summed E-state index contributed by atoms with van der Waals surface area (Å²) in [6.07, 6.45) is 3.58. The van der Waals surface area contributed by atoms with Gasteiger partial charge in [0.1, 0.15) is 5.82 Å². The average molecular weight is 675 g/mol. The molecule has 50 heavy (non-hydrogen) atoms. The molecule has 1 atom stereocenters. The van der Waals surface area contributed by atoms with E-state index in [0.29, 0.717) is 56.6 Å². The standard InChI is InChI=1S/C40H43FN6O3/c41-33-13-15-34(16-14-33)42-40(50)46-24-22-45(23-25-46)38(48)31-12-7-19-47(28-31)35-17-20-44(21-18-35)39(49)32-26-36(29-8-3-1-4-9-29)43-37(27-32)30-10-5-2-6-11-30/h1-6,8-11,13-16,26-27,31,35H,7,12,17-25,28H2,(H,42,50)/t31-/m1/s1. The summed E-state index contributed by atoms with van der Waals surface area (Å²) >= 11 is 0. The summed E-state index contributed by atoms with van der Waals surface area (Å²) in [5.41, 5.74) is 4.70. The normalized spacial score (nSPS) is 18.9. The zero-order valence-corrected chi connectivity index (χ0v) is 28.2. The van der Waals surface area contributed by atoms with Crippen LogP contribution in [0.3, 0.4) is 0 Å². The van der Waals surface area contributed by atoms with Gasteiger partial charge in [0.05, 0.1) is 17.3 Å². The number of nitrogens with one attached hydrogen (secondary N) is 1. The maximum Gasteiger partial charge on any atom is 0.321 e. The molecule has 9 nitrogen and oxygen atoms in total. The first kappa shape index (κ1) is 33.4. The van der Waals surface area contributed by atoms with Crippen LogP contribution in [0.4, 0.5) is 14.9 Å². The molecule has 1 N–H and O–H groups in total. The van der Waals surface area contributed by atoms with Crippen molar-refractivity contribution in [1.82, 2.24) is 24.6 Å². The average Bonchev–Trinajstić information content (AvgIpc) is 3.19. The Hall–Kier alpha value is -5.09. The Morgan fingerprint density at radius 2 is 1.24 bits per heavy atom. The van der Waals surface area contributed by atoms with Crippen LogP contribution in [-0.2, 0) is 4.79 Å². The van der Waals surface area contributed by atoms with Gasteiger partial charge >= 0.3 is 6.03 Å². The van der Waals surface area contributed by atoms with E-state index in [-0.39, 0.29) is 29.6 Å². The highest BCUT2D eigenvalue weighted by atomic mass is 19.1. The summed E-state index contributed by atoms with van der Waals surface area (Å²) in [6.45, 7) is 4.95. The lowest BCUT2D eigenvalue weighted by molar-refractivity contribution is -0.139. The van der Waals surface area contributed by atoms with Gasteiger partial charge in [-0.05, 0) is 68.6 Å². The van der Waals surface area contributed by atoms with Gasteiger partial charge in [-0.2, -0.15) is 0 Å². The molecule has 3 fully saturated rings. The van der Waals surface area contributed by atoms with Crippen LogP contribution in [0.5, 0.6) is 0 Å². The van der Waals surface area contributed by atoms with E-state index in [1.807, 2.05) is 82.6 Å². The monoisotopic (exact) mass is 674 g/mol. The van der Waals surface area contributed by atoms with E-state index in [9.17, 15) is 18.8 Å². The predicted molar refractivity (Wildman–Crippen MR) is 192 cm³/mol. The molecular formula is C40H43FN6O3. The van der Waals surface area contributed by atoms with Crippen LogP contribution in [0.25, 0.3) is 22.5 Å². The minimum atomic E-state index is -0.353. The molecule has 3 aliphatic rings. The van der Waals surface area contributed by atoms with Crippen molar-refractivity contribution in [3.8, 4) is 22.5 Å². The first-order valence-electron chi connectivity index (χ1n) is 17.7. The Bertz CT molecular complexity index is 1730. The number of piperazine rings is 1. The number of piperidine rings is 2. The smallest absolute Gasteiger partial charge is 0.321 e. The van der Waals surface area contributed by atoms with E-state index in [1.54, 1.807) is 4.90 Å². The Labute approximate surface area is 292 Å². The van der Waals surface area contributed by atoms with Crippen LogP contribution in [0.1, 0.15) is 36.0 Å². The van der Waals surface area contributed by atoms with Crippen LogP contribution >= 0.6 is 0 Å². The molecule has 4 heterocycles. The zero-order valence-electron chi connectivity index (χ0n) is 28.2. The molecule has 3 aromatic carbocycles. The number of amides is 4. The first-order valence-corrected chi connectivity index (χ1v) is 17.7. The van der Waals surface area contributed by atoms with Crippen LogP contribution in [0.15, 0.2) is 97.1 Å². The number of aromatic nitrogens is 1. The second kappa shape index (κ2) is 15.2. The molecule has 0 spiro atoms. The number of pyridine rings is 1. The Balaban J connectivity index is 0.931. The van der Waals surface area contributed by atoms with Gasteiger partial charge in [0.2, 0.25) is 5.91 Å². The molecule has 3 saturated heterocycles. The molecule has 1 aromatic heterocycles. The van der Waals surface area contributed by atoms with E-state index >= 15 is 0 Å². The van der Waals surface area contributed by atoms with Crippen molar-refractivity contribution >= 4 is 23.5 Å². The van der Waals surface area contributed by atoms with E-state index < -0.39 is 0 Å². The Morgan fingerprint density at radius 3 is 1.84 bits per heavy atom. The molecule has 258 valence electrons. The number of rotatable bonds is 6. The first-order chi connectivity index (χ1) is 24.4. The number of urea groups is 1. The van der Waals surface area contributed by atoms with Crippen molar-refractivity contribution < 1.29 is 18.8 Å². The fourth-order valence-corrected chi connectivity index (χ4v) is 7.45. The van der Waals surface area contributed by atoms with Crippen molar-refractivity contribution in [2.75, 3.05) is 57.7 Å². The number of carbonyl (C=O) groups is 3. The summed E-state index contributed by atoms with van der Waals surface area (Å²) in [5.74, 6) is -0.222. The quantitative estimate of drug-likeness (QED) is 0.262. The van der Waals surface area contributed by atoms with Crippen LogP contribution in [-0.4, -0.2) is 101 Å². The van der Waals surface area contributed by atoms with E-state index in [2.05, 4.69) is 10.2 Å². The predicted octanol–water partition coefficient (Wildman–Crippen LogP) is 6.25. The number of halogens is 1. The van der Waals surface area contributed by atoms with Crippen molar-refractivity contribution in [1.29, 1.82) is 0 Å². The van der Waals surface area contributed by atoms with Crippen LogP contribution < -0.4 is 5.32 Å². The van der Waals surface area contributed by atoms with Gasteiger partial charge in [-0.25, -0.2) is 14.2 Å². The van der Waals surface area contributed by atoms with Crippen molar-refractivity contribution in [2.24, 2.45) is 5.92 Å². The Morgan fingerprint density at radius 1 is 0.660 bits per heavy atom. The molecular weight excluding hydrogens is 631 g/mol. The molecule has 3 aliphatic heterocycles. The maximum atomic E-state index is 13.9. The summed E-state index contributed by atoms with van der Waals surface area (Å²) in [7, 11) is 0. The number of nitrogens with zero attached hydrogens (tertiary/aromatic N) is 5. The van der Waals surface area contributed by atoms with Crippen LogP contribution in [0.2, 0.25) is 0 Å². The number of carbonyl (C=O) groups excluding carboxylic acids is 3. The third-order valence-corrected chi connectivity index (χ3v) is 10.3. The molecule has 0 aliphatic carbocycles. The number of anilines is 1. The molecule has 4 aromatic rings. The summed E-state index contributed by atoms with van der Waals surface area (Å²) in [6, 6.07) is 29.6. The SMILES string of the molecule is O=C(Nc1ccc(F)cc1)N1CCN(C(=O)[C@@H]2CCCN(C3CCN(C(=O)c4cc(-c5ccccc5)nc(-c5ccccc5)c4)CC3)C2)CC1. The fourth-order valence-electron chi connectivity index (χ4n) is 7.45. The maximum absolute atomic E-state index is 13.9. The summed E-state index contributed by atoms with van der Waals surface area (Å²) in [4.78, 5) is 53.2. The topological polar surface area (TPSA) is 89.1 Å². The van der Waals surface area contributed by atoms with Gasteiger partial charge < -0.3 is 20.0 Å². The zero-order chi connectivity index (χ0) is 34.5. The Kier molecular flexibility index (Phi) is 10.2. The molecule has 0 bridgehead atoms. The highest BCUT2D eigenvalue weighted by Gasteiger charge is 2.35. The molecule has 4 amide bonds. The lowest BCUT2D eigenvalue weighted by Crippen LogP contribution is -2.55. The van der Waals surface area contributed by atoms with E-state index in [0.717, 1.165) is 61.3 Å². The van der Waals surface area contributed by atoms with E-state index in [1.165, 1.54) is 24.3 Å². The van der Waals surface area contributed by atoms with Crippen molar-refractivity contribution in [3.05, 3.63) is 108 Å². The fraction of sp³-hybridized carbons (Fsp3) is 0.350. The molecule has 7 rings (SSSR count). The molecule has 0 saturated carbocycles. The summed E-state index contributed by atoms with van der Waals surface area (Å²) < 4.78 is 13.2.